The Hall–Kier alpha value is -1.84. The van der Waals surface area contributed by atoms with Gasteiger partial charge in [0.15, 0.2) is 0 Å². The average molecular weight is 278 g/mol. The normalized spacial score (nSPS) is 10.4. The Morgan fingerprint density at radius 2 is 1.65 bits per heavy atom. The highest BCUT2D eigenvalue weighted by Gasteiger charge is 2.19. The minimum absolute atomic E-state index is 0.0428. The van der Waals surface area contributed by atoms with Gasteiger partial charge < -0.3 is 10.2 Å². The van der Waals surface area contributed by atoms with E-state index in [0.717, 1.165) is 25.3 Å². The maximum Gasteiger partial charge on any atom is 0.232 e. The summed E-state index contributed by atoms with van der Waals surface area (Å²) in [5.41, 5.74) is -0.0428. The molecular formula is C16H22O4. The third-order valence-corrected chi connectivity index (χ3v) is 3.24. The first-order valence-corrected chi connectivity index (χ1v) is 7.15. The fourth-order valence-electron chi connectivity index (χ4n) is 2.04. The Kier molecular flexibility index (Phi) is 6.77. The molecule has 0 aliphatic carbocycles. The average Bonchev–Trinajstić information content (AvgIpc) is 2.41. The number of phenols is 2. The van der Waals surface area contributed by atoms with E-state index in [9.17, 15) is 14.7 Å². The summed E-state index contributed by atoms with van der Waals surface area (Å²) >= 11 is 0. The van der Waals surface area contributed by atoms with Crippen molar-refractivity contribution in [2.24, 2.45) is 0 Å². The molecule has 0 aromatic heterocycles. The summed E-state index contributed by atoms with van der Waals surface area (Å²) in [4.78, 5) is 23.6. The lowest BCUT2D eigenvalue weighted by Gasteiger charge is -2.04. The molecule has 0 saturated heterocycles. The van der Waals surface area contributed by atoms with E-state index in [0.29, 0.717) is 6.42 Å². The molecule has 0 unspecified atom stereocenters. The first-order chi connectivity index (χ1) is 9.56. The van der Waals surface area contributed by atoms with E-state index < -0.39 is 11.6 Å². The predicted molar refractivity (Wildman–Crippen MR) is 77.1 cm³/mol. The van der Waals surface area contributed by atoms with Crippen LogP contribution in [0.1, 0.15) is 62.2 Å². The van der Waals surface area contributed by atoms with Crippen LogP contribution in [-0.4, -0.2) is 21.8 Å². The van der Waals surface area contributed by atoms with E-state index in [4.69, 9.17) is 5.11 Å². The SMILES string of the molecule is CCCCCCCCC(=O)C(=O)c1ccc(O)cc1O. The van der Waals surface area contributed by atoms with E-state index in [-0.39, 0.29) is 23.5 Å². The zero-order valence-corrected chi connectivity index (χ0v) is 11.9. The minimum Gasteiger partial charge on any atom is -0.508 e. The number of unbranched alkanes of at least 4 members (excludes halogenated alkanes) is 5. The number of phenolic OH excluding ortho intramolecular Hbond substituents is 2. The van der Waals surface area contributed by atoms with Gasteiger partial charge in [0.05, 0.1) is 5.56 Å². The molecule has 0 heterocycles. The standard InChI is InChI=1S/C16H22O4/c1-2-3-4-5-6-7-8-14(18)16(20)13-10-9-12(17)11-15(13)19/h9-11,17,19H,2-8H2,1H3. The second kappa shape index (κ2) is 8.35. The predicted octanol–water partition coefficient (Wildman–Crippen LogP) is 3.60. The van der Waals surface area contributed by atoms with Gasteiger partial charge in [0.25, 0.3) is 0 Å². The molecule has 1 aromatic carbocycles. The highest BCUT2D eigenvalue weighted by molar-refractivity contribution is 6.44. The van der Waals surface area contributed by atoms with Gasteiger partial charge in [0, 0.05) is 12.5 Å². The highest BCUT2D eigenvalue weighted by Crippen LogP contribution is 2.23. The van der Waals surface area contributed by atoms with Gasteiger partial charge in [-0.2, -0.15) is 0 Å². The van der Waals surface area contributed by atoms with E-state index in [1.807, 2.05) is 0 Å². The molecule has 0 aliphatic rings. The van der Waals surface area contributed by atoms with Crippen LogP contribution in [0.15, 0.2) is 18.2 Å². The van der Waals surface area contributed by atoms with Crippen molar-refractivity contribution >= 4 is 11.6 Å². The van der Waals surface area contributed by atoms with Crippen LogP contribution >= 0.6 is 0 Å². The first-order valence-electron chi connectivity index (χ1n) is 7.15. The number of aromatic hydroxyl groups is 2. The summed E-state index contributed by atoms with van der Waals surface area (Å²) in [6.07, 6.45) is 6.49. The van der Waals surface area contributed by atoms with Crippen molar-refractivity contribution in [3.63, 3.8) is 0 Å². The second-order valence-corrected chi connectivity index (χ2v) is 4.97. The van der Waals surface area contributed by atoms with Crippen molar-refractivity contribution in [3.8, 4) is 11.5 Å². The Morgan fingerprint density at radius 1 is 1.00 bits per heavy atom. The third kappa shape index (κ3) is 5.03. The van der Waals surface area contributed by atoms with Crippen LogP contribution in [-0.2, 0) is 4.79 Å². The smallest absolute Gasteiger partial charge is 0.232 e. The van der Waals surface area contributed by atoms with Crippen LogP contribution in [0.2, 0.25) is 0 Å². The van der Waals surface area contributed by atoms with Crippen LogP contribution in [0, 0.1) is 0 Å². The van der Waals surface area contributed by atoms with Crippen LogP contribution < -0.4 is 0 Å². The molecule has 0 fully saturated rings. The zero-order chi connectivity index (χ0) is 15.0. The van der Waals surface area contributed by atoms with E-state index >= 15 is 0 Å². The van der Waals surface area contributed by atoms with Crippen LogP contribution in [0.5, 0.6) is 11.5 Å². The van der Waals surface area contributed by atoms with Crippen molar-refractivity contribution in [2.45, 2.75) is 51.9 Å². The second-order valence-electron chi connectivity index (χ2n) is 4.97. The van der Waals surface area contributed by atoms with Gasteiger partial charge in [0.2, 0.25) is 11.6 Å². The summed E-state index contributed by atoms with van der Waals surface area (Å²) in [5.74, 6) is -1.66. The molecule has 0 bridgehead atoms. The number of benzene rings is 1. The highest BCUT2D eigenvalue weighted by atomic mass is 16.3. The van der Waals surface area contributed by atoms with E-state index in [1.54, 1.807) is 0 Å². The van der Waals surface area contributed by atoms with Crippen LogP contribution in [0.25, 0.3) is 0 Å². The number of carbonyl (C=O) groups is 2. The largest absolute Gasteiger partial charge is 0.508 e. The van der Waals surface area contributed by atoms with Crippen molar-refractivity contribution in [3.05, 3.63) is 23.8 Å². The number of hydrogen-bond donors (Lipinski definition) is 2. The Balaban J connectivity index is 2.41. The Bertz CT molecular complexity index is 466. The minimum atomic E-state index is -0.684. The maximum atomic E-state index is 11.9. The molecule has 0 atom stereocenters. The molecule has 2 N–H and O–H groups in total. The molecule has 4 nitrogen and oxygen atoms in total. The number of ketones is 2. The zero-order valence-electron chi connectivity index (χ0n) is 11.9. The summed E-state index contributed by atoms with van der Waals surface area (Å²) in [5, 5.41) is 18.7. The molecule has 0 radical (unpaired) electrons. The lowest BCUT2D eigenvalue weighted by atomic mass is 10.0. The lowest BCUT2D eigenvalue weighted by Crippen LogP contribution is -2.14. The quantitative estimate of drug-likeness (QED) is 0.411. The number of hydrogen-bond acceptors (Lipinski definition) is 4. The van der Waals surface area contributed by atoms with Gasteiger partial charge >= 0.3 is 0 Å². The van der Waals surface area contributed by atoms with Crippen molar-refractivity contribution in [1.82, 2.24) is 0 Å². The Labute approximate surface area is 119 Å². The van der Waals surface area contributed by atoms with Crippen LogP contribution in [0.3, 0.4) is 0 Å². The summed E-state index contributed by atoms with van der Waals surface area (Å²) in [6, 6.07) is 3.61. The van der Waals surface area contributed by atoms with Crippen molar-refractivity contribution in [1.29, 1.82) is 0 Å². The molecule has 4 heteroatoms. The monoisotopic (exact) mass is 278 g/mol. The van der Waals surface area contributed by atoms with E-state index in [1.165, 1.54) is 25.0 Å². The van der Waals surface area contributed by atoms with Gasteiger partial charge in [-0.3, -0.25) is 9.59 Å². The molecule has 0 spiro atoms. The van der Waals surface area contributed by atoms with Gasteiger partial charge in [-0.05, 0) is 18.6 Å². The van der Waals surface area contributed by atoms with Gasteiger partial charge in [-0.25, -0.2) is 0 Å². The number of Topliss-reactive ketones (excluding diaryl/α,β-unsaturated/α-hetero) is 2. The fraction of sp³-hybridized carbons (Fsp3) is 0.500. The topological polar surface area (TPSA) is 74.6 Å². The van der Waals surface area contributed by atoms with Crippen LogP contribution in [0.4, 0.5) is 0 Å². The first kappa shape index (κ1) is 16.2. The summed E-state index contributed by atoms with van der Waals surface area (Å²) in [7, 11) is 0. The molecule has 0 aliphatic heterocycles. The van der Waals surface area contributed by atoms with Crippen molar-refractivity contribution < 1.29 is 19.8 Å². The van der Waals surface area contributed by atoms with Gasteiger partial charge in [-0.15, -0.1) is 0 Å². The number of carbonyl (C=O) groups excluding carboxylic acids is 2. The molecule has 20 heavy (non-hydrogen) atoms. The summed E-state index contributed by atoms with van der Waals surface area (Å²) in [6.45, 7) is 2.15. The molecule has 1 rings (SSSR count). The number of rotatable bonds is 9. The molecule has 0 amide bonds. The van der Waals surface area contributed by atoms with E-state index in [2.05, 4.69) is 6.92 Å². The molecule has 1 aromatic rings. The maximum absolute atomic E-state index is 11.9. The van der Waals surface area contributed by atoms with Gasteiger partial charge in [-0.1, -0.05) is 39.0 Å². The third-order valence-electron chi connectivity index (χ3n) is 3.24. The molecular weight excluding hydrogens is 256 g/mol. The Morgan fingerprint density at radius 3 is 2.30 bits per heavy atom. The van der Waals surface area contributed by atoms with Gasteiger partial charge in [0.1, 0.15) is 11.5 Å². The fourth-order valence-corrected chi connectivity index (χ4v) is 2.04. The molecule has 110 valence electrons. The lowest BCUT2D eigenvalue weighted by molar-refractivity contribution is -0.115. The molecule has 0 saturated carbocycles. The summed E-state index contributed by atoms with van der Waals surface area (Å²) < 4.78 is 0. The van der Waals surface area contributed by atoms with Crippen molar-refractivity contribution in [2.75, 3.05) is 0 Å².